The normalized spacial score (nSPS) is 17.5. The largest absolute Gasteiger partial charge is 0.467 e. The maximum Gasteiger partial charge on any atom is 0.321 e. The van der Waals surface area contributed by atoms with E-state index in [0.717, 1.165) is 13.0 Å². The fourth-order valence-electron chi connectivity index (χ4n) is 2.75. The van der Waals surface area contributed by atoms with Crippen LogP contribution in [0, 0.1) is 0 Å². The molecule has 7 heteroatoms. The lowest BCUT2D eigenvalue weighted by Crippen LogP contribution is -2.46. The highest BCUT2D eigenvalue weighted by Gasteiger charge is 2.26. The molecule has 0 aromatic carbocycles. The molecular weight excluding hydrogens is 314 g/mol. The summed E-state index contributed by atoms with van der Waals surface area (Å²) in [6.45, 7) is 3.39. The first-order valence-corrected chi connectivity index (χ1v) is 8.42. The number of carbonyl (C=O) groups excluding carboxylic acids is 2. The fourth-order valence-corrected chi connectivity index (χ4v) is 3.72. The minimum atomic E-state index is -0.507. The first-order valence-electron chi connectivity index (χ1n) is 7.54. The Morgan fingerprint density at radius 3 is 3.09 bits per heavy atom. The van der Waals surface area contributed by atoms with Crippen molar-refractivity contribution in [2.75, 3.05) is 13.1 Å². The Morgan fingerprint density at radius 1 is 1.43 bits per heavy atom. The number of hydrogen-bond acceptors (Lipinski definition) is 5. The Morgan fingerprint density at radius 2 is 2.30 bits per heavy atom. The summed E-state index contributed by atoms with van der Waals surface area (Å²) in [4.78, 5) is 27.3. The number of furan rings is 1. The van der Waals surface area contributed by atoms with Crippen molar-refractivity contribution in [3.05, 3.63) is 46.0 Å². The third kappa shape index (κ3) is 3.80. The van der Waals surface area contributed by atoms with E-state index in [9.17, 15) is 9.59 Å². The lowest BCUT2D eigenvalue weighted by Gasteiger charge is -2.32. The smallest absolute Gasteiger partial charge is 0.321 e. The van der Waals surface area contributed by atoms with E-state index >= 15 is 0 Å². The van der Waals surface area contributed by atoms with Crippen LogP contribution in [-0.4, -0.2) is 29.9 Å². The van der Waals surface area contributed by atoms with Crippen LogP contribution >= 0.6 is 11.3 Å². The second-order valence-electron chi connectivity index (χ2n) is 5.51. The van der Waals surface area contributed by atoms with Crippen molar-refractivity contribution in [2.45, 2.75) is 25.9 Å². The van der Waals surface area contributed by atoms with Gasteiger partial charge in [-0.3, -0.25) is 15.0 Å². The standard InChI is InChI=1S/C16H19N3O3S/c1-11-13-5-8-23-14(13)4-6-19(11)10-15(20)18-16(21)17-9-12-3-2-7-22-12/h2-3,5,7-8,11H,4,6,9-10H2,1H3,(H2,17,18,20,21)/t11-/m1/s1. The van der Waals surface area contributed by atoms with Gasteiger partial charge in [0.1, 0.15) is 5.76 Å². The minimum absolute atomic E-state index is 0.196. The SMILES string of the molecule is C[C@@H]1c2ccsc2CCN1CC(=O)NC(=O)NCc1ccco1. The van der Waals surface area contributed by atoms with Crippen LogP contribution in [0.1, 0.15) is 29.2 Å². The summed E-state index contributed by atoms with van der Waals surface area (Å²) >= 11 is 1.77. The average molecular weight is 333 g/mol. The van der Waals surface area contributed by atoms with Crippen molar-refractivity contribution >= 4 is 23.3 Å². The molecule has 0 saturated carbocycles. The maximum atomic E-state index is 12.0. The van der Waals surface area contributed by atoms with E-state index in [1.807, 2.05) is 0 Å². The van der Waals surface area contributed by atoms with E-state index in [1.54, 1.807) is 23.5 Å². The molecule has 2 aromatic heterocycles. The Labute approximate surface area is 138 Å². The van der Waals surface area contributed by atoms with E-state index in [-0.39, 0.29) is 25.0 Å². The molecule has 1 aliphatic heterocycles. The summed E-state index contributed by atoms with van der Waals surface area (Å²) in [6, 6.07) is 5.31. The highest BCUT2D eigenvalue weighted by molar-refractivity contribution is 7.10. The third-order valence-corrected chi connectivity index (χ3v) is 5.00. The molecule has 3 amide bonds. The van der Waals surface area contributed by atoms with Crippen molar-refractivity contribution in [1.29, 1.82) is 0 Å². The zero-order valence-electron chi connectivity index (χ0n) is 12.9. The lowest BCUT2D eigenvalue weighted by atomic mass is 10.0. The average Bonchev–Trinajstić information content (AvgIpc) is 3.19. The summed E-state index contributed by atoms with van der Waals surface area (Å²) in [6.07, 6.45) is 2.49. The summed E-state index contributed by atoms with van der Waals surface area (Å²) in [5.41, 5.74) is 1.29. The Bertz CT molecular complexity index is 681. The fraction of sp³-hybridized carbons (Fsp3) is 0.375. The molecule has 2 aromatic rings. The number of thiophene rings is 1. The lowest BCUT2D eigenvalue weighted by molar-refractivity contribution is -0.121. The molecule has 0 unspecified atom stereocenters. The molecule has 1 atom stereocenters. The van der Waals surface area contributed by atoms with Crippen molar-refractivity contribution in [2.24, 2.45) is 0 Å². The number of nitrogens with zero attached hydrogens (tertiary/aromatic N) is 1. The van der Waals surface area contributed by atoms with Gasteiger partial charge in [-0.1, -0.05) is 0 Å². The summed E-state index contributed by atoms with van der Waals surface area (Å²) in [5, 5.41) is 7.04. The molecule has 3 heterocycles. The summed E-state index contributed by atoms with van der Waals surface area (Å²) in [7, 11) is 0. The first kappa shape index (κ1) is 15.8. The Hall–Kier alpha value is -2.12. The molecular formula is C16H19N3O3S. The monoisotopic (exact) mass is 333 g/mol. The predicted octanol–water partition coefficient (Wildman–Crippen LogP) is 2.29. The molecule has 0 fully saturated rings. The van der Waals surface area contributed by atoms with Gasteiger partial charge in [-0.25, -0.2) is 4.79 Å². The predicted molar refractivity (Wildman–Crippen MR) is 87.1 cm³/mol. The van der Waals surface area contributed by atoms with Crippen molar-refractivity contribution in [3.63, 3.8) is 0 Å². The minimum Gasteiger partial charge on any atom is -0.467 e. The molecule has 23 heavy (non-hydrogen) atoms. The van der Waals surface area contributed by atoms with Crippen LogP contribution in [0.15, 0.2) is 34.3 Å². The van der Waals surface area contributed by atoms with E-state index in [0.29, 0.717) is 5.76 Å². The van der Waals surface area contributed by atoms with Crippen molar-refractivity contribution in [3.8, 4) is 0 Å². The maximum absolute atomic E-state index is 12.0. The highest BCUT2D eigenvalue weighted by atomic mass is 32.1. The second-order valence-corrected chi connectivity index (χ2v) is 6.51. The van der Waals surface area contributed by atoms with Crippen LogP contribution in [-0.2, 0) is 17.8 Å². The van der Waals surface area contributed by atoms with Gasteiger partial charge in [0.25, 0.3) is 0 Å². The molecule has 0 bridgehead atoms. The number of hydrogen-bond donors (Lipinski definition) is 2. The van der Waals surface area contributed by atoms with Crippen molar-refractivity contribution < 1.29 is 14.0 Å². The Balaban J connectivity index is 1.47. The van der Waals surface area contributed by atoms with Gasteiger partial charge >= 0.3 is 6.03 Å². The van der Waals surface area contributed by atoms with E-state index < -0.39 is 6.03 Å². The molecule has 0 spiro atoms. The van der Waals surface area contributed by atoms with Crippen LogP contribution in [0.4, 0.5) is 4.79 Å². The van der Waals surface area contributed by atoms with Gasteiger partial charge < -0.3 is 9.73 Å². The Kier molecular flexibility index (Phi) is 4.78. The quantitative estimate of drug-likeness (QED) is 0.900. The number of imide groups is 1. The number of fused-ring (bicyclic) bond motifs is 1. The van der Waals surface area contributed by atoms with Gasteiger partial charge in [-0.05, 0) is 42.5 Å². The zero-order chi connectivity index (χ0) is 16.2. The van der Waals surface area contributed by atoms with Gasteiger partial charge in [0.05, 0.1) is 19.4 Å². The molecule has 6 nitrogen and oxygen atoms in total. The van der Waals surface area contributed by atoms with Crippen LogP contribution in [0.25, 0.3) is 0 Å². The van der Waals surface area contributed by atoms with Crippen LogP contribution in [0.5, 0.6) is 0 Å². The number of nitrogens with one attached hydrogen (secondary N) is 2. The molecule has 1 aliphatic rings. The number of urea groups is 1. The van der Waals surface area contributed by atoms with Crippen molar-refractivity contribution in [1.82, 2.24) is 15.5 Å². The molecule has 2 N–H and O–H groups in total. The first-order chi connectivity index (χ1) is 11.1. The molecule has 0 radical (unpaired) electrons. The van der Waals surface area contributed by atoms with E-state index in [1.165, 1.54) is 16.7 Å². The number of amides is 3. The zero-order valence-corrected chi connectivity index (χ0v) is 13.7. The van der Waals surface area contributed by atoms with E-state index in [4.69, 9.17) is 4.42 Å². The highest BCUT2D eigenvalue weighted by Crippen LogP contribution is 2.32. The van der Waals surface area contributed by atoms with Gasteiger partial charge in [-0.2, -0.15) is 0 Å². The van der Waals surface area contributed by atoms with Crippen LogP contribution < -0.4 is 10.6 Å². The number of carbonyl (C=O) groups is 2. The second kappa shape index (κ2) is 6.97. The van der Waals surface area contributed by atoms with Gasteiger partial charge in [0.2, 0.25) is 5.91 Å². The third-order valence-electron chi connectivity index (χ3n) is 4.01. The molecule has 122 valence electrons. The summed E-state index contributed by atoms with van der Waals surface area (Å²) in [5.74, 6) is 0.342. The van der Waals surface area contributed by atoms with Gasteiger partial charge in [-0.15, -0.1) is 11.3 Å². The molecule has 3 rings (SSSR count). The van der Waals surface area contributed by atoms with Gasteiger partial charge in [0, 0.05) is 17.5 Å². The molecule has 0 saturated heterocycles. The number of rotatable bonds is 4. The molecule has 0 aliphatic carbocycles. The van der Waals surface area contributed by atoms with Crippen LogP contribution in [0.2, 0.25) is 0 Å². The topological polar surface area (TPSA) is 74.6 Å². The summed E-state index contributed by atoms with van der Waals surface area (Å²) < 4.78 is 5.12. The van der Waals surface area contributed by atoms with Gasteiger partial charge in [0.15, 0.2) is 0 Å². The van der Waals surface area contributed by atoms with Crippen LogP contribution in [0.3, 0.4) is 0 Å². The van der Waals surface area contributed by atoms with E-state index in [2.05, 4.69) is 33.9 Å².